The molecule has 6 heteroatoms. The second-order valence-electron chi connectivity index (χ2n) is 0.746. The van der Waals surface area contributed by atoms with Gasteiger partial charge in [0.1, 0.15) is 0 Å². The monoisotopic (exact) mass is 314 g/mol. The largest absolute Gasteiger partial charge is 0.478 e. The third-order valence-electron chi connectivity index (χ3n) is 0.175. The lowest BCUT2D eigenvalue weighted by molar-refractivity contribution is -0.131. The van der Waals surface area contributed by atoms with Gasteiger partial charge in [-0.15, -0.1) is 0 Å². The Morgan fingerprint density at radius 1 is 0.857 bits per heavy atom. The van der Waals surface area contributed by atoms with E-state index in [2.05, 4.69) is 6.58 Å². The summed E-state index contributed by atoms with van der Waals surface area (Å²) in [5.41, 5.74) is 0. The normalized spacial score (nSPS) is 2.86. The van der Waals surface area contributed by atoms with Crippen LogP contribution in [0.2, 0.25) is 0 Å². The molecular formula is C15H42N2O4. The SMILES string of the molecule is C.C.C.C.C.C.C=CC(=O)O.CC.CC.N=C=O.N=C=O. The number of carbonyl (C=O) groups excluding carboxylic acids is 2. The highest BCUT2D eigenvalue weighted by atomic mass is 16.4. The van der Waals surface area contributed by atoms with E-state index in [0.717, 1.165) is 18.2 Å². The van der Waals surface area contributed by atoms with Crippen LogP contribution < -0.4 is 0 Å². The molecule has 0 spiro atoms. The first-order valence-corrected chi connectivity index (χ1v) is 4.03. The highest BCUT2D eigenvalue weighted by Gasteiger charge is 1.73. The van der Waals surface area contributed by atoms with Crippen molar-refractivity contribution in [3.8, 4) is 0 Å². The molecule has 0 aromatic rings. The molecule has 0 aliphatic heterocycles. The van der Waals surface area contributed by atoms with Gasteiger partial charge in [0, 0.05) is 6.08 Å². The first kappa shape index (κ1) is 96.4. The standard InChI is InChI=1S/C3H4O2.2C2H6.2CHNO.6CH4/c1-2-3(4)5;2*1-2;2*2-1-3;;;;;;/h2H,1H2,(H,4,5);2*1-2H3;2*2H;6*1H4. The second kappa shape index (κ2) is 328. The lowest BCUT2D eigenvalue weighted by Crippen LogP contribution is -1.82. The number of carbonyl (C=O) groups is 1. The molecule has 0 unspecified atom stereocenters. The number of hydrogen-bond donors (Lipinski definition) is 3. The Balaban J connectivity index is -0.00000000642. The zero-order chi connectivity index (χ0) is 13.7. The molecule has 0 aromatic heterocycles. The summed E-state index contributed by atoms with van der Waals surface area (Å²) >= 11 is 0. The summed E-state index contributed by atoms with van der Waals surface area (Å²) in [4.78, 5) is 25.9. The van der Waals surface area contributed by atoms with Crippen LogP contribution in [-0.2, 0) is 14.4 Å². The molecule has 0 rings (SSSR count). The van der Waals surface area contributed by atoms with Crippen molar-refractivity contribution >= 4 is 18.1 Å². The zero-order valence-corrected chi connectivity index (χ0v) is 9.46. The van der Waals surface area contributed by atoms with Crippen molar-refractivity contribution in [2.45, 2.75) is 72.3 Å². The minimum absolute atomic E-state index is 0. The fraction of sp³-hybridized carbons (Fsp3) is 0.667. The Bertz CT molecular complexity index is 170. The van der Waals surface area contributed by atoms with E-state index in [1.165, 1.54) is 0 Å². The minimum atomic E-state index is -0.981. The van der Waals surface area contributed by atoms with Gasteiger partial charge in [-0.1, -0.05) is 78.8 Å². The fourth-order valence-corrected chi connectivity index (χ4v) is 0. The Morgan fingerprint density at radius 3 is 0.905 bits per heavy atom. The highest BCUT2D eigenvalue weighted by molar-refractivity contribution is 5.78. The molecule has 0 saturated carbocycles. The maximum Gasteiger partial charge on any atom is 0.327 e. The fourth-order valence-electron chi connectivity index (χ4n) is 0. The summed E-state index contributed by atoms with van der Waals surface area (Å²) in [6.45, 7) is 11.0. The Kier molecular flexibility index (Phi) is 1510. The van der Waals surface area contributed by atoms with E-state index >= 15 is 0 Å². The van der Waals surface area contributed by atoms with E-state index < -0.39 is 5.97 Å². The Hall–Kier alpha value is -2.03. The summed E-state index contributed by atoms with van der Waals surface area (Å²) in [6, 6.07) is 0. The van der Waals surface area contributed by atoms with Crippen LogP contribution in [0.4, 0.5) is 0 Å². The number of aliphatic carboxylic acids is 1. The number of nitrogens with one attached hydrogen (secondary N) is 2. The van der Waals surface area contributed by atoms with Crippen LogP contribution in [0.5, 0.6) is 0 Å². The molecule has 0 heterocycles. The van der Waals surface area contributed by atoms with Crippen LogP contribution in [0.3, 0.4) is 0 Å². The first-order chi connectivity index (χ1) is 7.10. The van der Waals surface area contributed by atoms with Gasteiger partial charge < -0.3 is 5.11 Å². The number of isocyanates is 2. The molecule has 3 N–H and O–H groups in total. The maximum absolute atomic E-state index is 9.25. The second-order valence-corrected chi connectivity index (χ2v) is 0.746. The third kappa shape index (κ3) is 5090000. The van der Waals surface area contributed by atoms with Crippen LogP contribution >= 0.6 is 0 Å². The summed E-state index contributed by atoms with van der Waals surface area (Å²) in [5, 5.41) is 18.4. The van der Waals surface area contributed by atoms with Crippen molar-refractivity contribution in [2.75, 3.05) is 0 Å². The van der Waals surface area contributed by atoms with Gasteiger partial charge in [-0.3, -0.25) is 0 Å². The van der Waals surface area contributed by atoms with E-state index in [1.807, 2.05) is 27.7 Å². The molecule has 0 saturated heterocycles. The van der Waals surface area contributed by atoms with Gasteiger partial charge >= 0.3 is 5.97 Å². The van der Waals surface area contributed by atoms with E-state index in [-0.39, 0.29) is 44.6 Å². The molecule has 0 bridgehead atoms. The highest BCUT2D eigenvalue weighted by Crippen LogP contribution is 1.54. The molecule has 0 radical (unpaired) electrons. The molecule has 0 atom stereocenters. The van der Waals surface area contributed by atoms with Crippen molar-refractivity contribution in [1.29, 1.82) is 10.8 Å². The van der Waals surface area contributed by atoms with Crippen molar-refractivity contribution in [2.24, 2.45) is 0 Å². The van der Waals surface area contributed by atoms with Gasteiger partial charge in [-0.2, -0.15) is 0 Å². The quantitative estimate of drug-likeness (QED) is 0.315. The van der Waals surface area contributed by atoms with Crippen LogP contribution in [0.15, 0.2) is 12.7 Å². The van der Waals surface area contributed by atoms with Crippen LogP contribution in [-0.4, -0.2) is 23.2 Å². The molecular weight excluding hydrogens is 272 g/mol. The van der Waals surface area contributed by atoms with Gasteiger partial charge in [-0.05, 0) is 0 Å². The third-order valence-corrected chi connectivity index (χ3v) is 0.175. The molecule has 0 aliphatic carbocycles. The number of rotatable bonds is 1. The molecule has 0 fully saturated rings. The predicted molar refractivity (Wildman–Crippen MR) is 97.7 cm³/mol. The van der Waals surface area contributed by atoms with Crippen LogP contribution in [0, 0.1) is 10.8 Å². The number of hydrogen-bond acceptors (Lipinski definition) is 5. The molecule has 6 nitrogen and oxygen atoms in total. The molecule has 136 valence electrons. The predicted octanol–water partition coefficient (Wildman–Crippen LogP) is 5.93. The van der Waals surface area contributed by atoms with Crippen molar-refractivity contribution in [1.82, 2.24) is 0 Å². The van der Waals surface area contributed by atoms with E-state index in [4.69, 9.17) is 25.5 Å². The summed E-state index contributed by atoms with van der Waals surface area (Å²) in [6.07, 6.45) is 2.33. The Labute approximate surface area is 134 Å². The van der Waals surface area contributed by atoms with Crippen LogP contribution in [0.25, 0.3) is 0 Å². The Morgan fingerprint density at radius 2 is 0.905 bits per heavy atom. The minimum Gasteiger partial charge on any atom is -0.478 e. The van der Waals surface area contributed by atoms with E-state index in [9.17, 15) is 4.79 Å². The number of carboxylic acid groups (broad SMARTS) is 1. The van der Waals surface area contributed by atoms with Gasteiger partial charge in [0.05, 0.1) is 0 Å². The first-order valence-electron chi connectivity index (χ1n) is 4.03. The summed E-state index contributed by atoms with van der Waals surface area (Å²) in [5.74, 6) is -0.981. The topological polar surface area (TPSA) is 119 Å². The van der Waals surface area contributed by atoms with Gasteiger partial charge in [0.25, 0.3) is 0 Å². The maximum atomic E-state index is 9.25. The van der Waals surface area contributed by atoms with E-state index in [1.54, 1.807) is 0 Å². The molecule has 0 aromatic carbocycles. The molecule has 21 heavy (non-hydrogen) atoms. The van der Waals surface area contributed by atoms with Crippen molar-refractivity contribution in [3.05, 3.63) is 12.7 Å². The average molecular weight is 315 g/mol. The number of carboxylic acids is 1. The van der Waals surface area contributed by atoms with Crippen LogP contribution in [0.1, 0.15) is 72.3 Å². The molecule has 0 aliphatic rings. The van der Waals surface area contributed by atoms with Gasteiger partial charge in [-0.25, -0.2) is 25.2 Å². The average Bonchev–Trinajstić information content (AvgIpc) is 2.26. The summed E-state index contributed by atoms with van der Waals surface area (Å²) in [7, 11) is 0. The van der Waals surface area contributed by atoms with Gasteiger partial charge in [0.15, 0.2) is 0 Å². The smallest absolute Gasteiger partial charge is 0.327 e. The zero-order valence-electron chi connectivity index (χ0n) is 9.46. The van der Waals surface area contributed by atoms with Gasteiger partial charge in [0.2, 0.25) is 12.2 Å². The summed E-state index contributed by atoms with van der Waals surface area (Å²) < 4.78 is 0. The van der Waals surface area contributed by atoms with E-state index in [0.29, 0.717) is 0 Å². The lowest BCUT2D eigenvalue weighted by Gasteiger charge is -1.64. The molecule has 0 amide bonds. The van der Waals surface area contributed by atoms with Crippen molar-refractivity contribution in [3.63, 3.8) is 0 Å². The lowest BCUT2D eigenvalue weighted by atomic mass is 10.7. The van der Waals surface area contributed by atoms with Crippen molar-refractivity contribution < 1.29 is 19.5 Å².